The number of hydrogen-bond donors (Lipinski definition) is 0. The summed E-state index contributed by atoms with van der Waals surface area (Å²) in [4.78, 5) is 38.4. The highest BCUT2D eigenvalue weighted by molar-refractivity contribution is 5.71. The predicted molar refractivity (Wildman–Crippen MR) is 339 cm³/mol. The van der Waals surface area contributed by atoms with Gasteiger partial charge < -0.3 is 14.2 Å². The van der Waals surface area contributed by atoms with Gasteiger partial charge in [0.25, 0.3) is 0 Å². The van der Waals surface area contributed by atoms with Gasteiger partial charge in [0.2, 0.25) is 0 Å². The Hall–Kier alpha value is -2.37. The molecule has 0 aromatic rings. The molecule has 458 valence electrons. The van der Waals surface area contributed by atoms with E-state index >= 15 is 0 Å². The van der Waals surface area contributed by atoms with Gasteiger partial charge in [-0.1, -0.05) is 327 Å². The Morgan fingerprint density at radius 2 is 0.462 bits per heavy atom. The molecular formula is C72H134O6. The first-order valence-electron chi connectivity index (χ1n) is 35.0. The zero-order chi connectivity index (χ0) is 56.4. The zero-order valence-electron chi connectivity index (χ0n) is 52.7. The van der Waals surface area contributed by atoms with Crippen LogP contribution in [0, 0.1) is 0 Å². The van der Waals surface area contributed by atoms with Crippen LogP contribution in [0.5, 0.6) is 0 Å². The van der Waals surface area contributed by atoms with Gasteiger partial charge in [-0.15, -0.1) is 0 Å². The highest BCUT2D eigenvalue weighted by atomic mass is 16.6. The molecule has 0 aromatic carbocycles. The molecule has 6 heteroatoms. The minimum Gasteiger partial charge on any atom is -0.462 e. The van der Waals surface area contributed by atoms with Crippen molar-refractivity contribution >= 4 is 17.9 Å². The van der Waals surface area contributed by atoms with Crippen molar-refractivity contribution in [2.75, 3.05) is 13.2 Å². The summed E-state index contributed by atoms with van der Waals surface area (Å²) >= 11 is 0. The van der Waals surface area contributed by atoms with E-state index in [4.69, 9.17) is 14.2 Å². The first-order chi connectivity index (χ1) is 38.5. The maximum Gasteiger partial charge on any atom is 0.306 e. The molecular weight excluding hydrogens is 961 g/mol. The summed E-state index contributed by atoms with van der Waals surface area (Å²) in [6, 6.07) is 0. The van der Waals surface area contributed by atoms with Gasteiger partial charge in [0.15, 0.2) is 6.10 Å². The van der Waals surface area contributed by atoms with E-state index in [0.29, 0.717) is 19.3 Å². The lowest BCUT2D eigenvalue weighted by Gasteiger charge is -2.18. The van der Waals surface area contributed by atoms with Crippen LogP contribution in [0.25, 0.3) is 0 Å². The van der Waals surface area contributed by atoms with E-state index in [9.17, 15) is 14.4 Å². The normalized spacial score (nSPS) is 12.2. The lowest BCUT2D eigenvalue weighted by Crippen LogP contribution is -2.30. The highest BCUT2D eigenvalue weighted by Gasteiger charge is 2.19. The van der Waals surface area contributed by atoms with Gasteiger partial charge >= 0.3 is 17.9 Å². The van der Waals surface area contributed by atoms with Gasteiger partial charge in [-0.3, -0.25) is 14.4 Å². The second kappa shape index (κ2) is 67.1. The molecule has 0 spiro atoms. The molecule has 0 fully saturated rings. The molecule has 0 bridgehead atoms. The summed E-state index contributed by atoms with van der Waals surface area (Å²) in [5, 5.41) is 0. The SMILES string of the molecule is CCCCCCC/C=C\C/C=C\CCCCCCCCCCCC(=O)OC(COC(=O)CCCCCCC/C=C\CCCCCCC)COC(=O)CCCCCCCCCCCCCCCCCCCCCCCCCCC. The minimum atomic E-state index is -0.777. The van der Waals surface area contributed by atoms with E-state index in [2.05, 4.69) is 57.2 Å². The lowest BCUT2D eigenvalue weighted by molar-refractivity contribution is -0.167. The second-order valence-electron chi connectivity index (χ2n) is 23.8. The van der Waals surface area contributed by atoms with Crippen molar-refractivity contribution in [3.8, 4) is 0 Å². The monoisotopic (exact) mass is 1100 g/mol. The third-order valence-electron chi connectivity index (χ3n) is 15.9. The fourth-order valence-corrected chi connectivity index (χ4v) is 10.6. The fourth-order valence-electron chi connectivity index (χ4n) is 10.6. The summed E-state index contributed by atoms with van der Waals surface area (Å²) in [5.74, 6) is -0.858. The lowest BCUT2D eigenvalue weighted by atomic mass is 10.0. The Kier molecular flexibility index (Phi) is 65.1. The Labute approximate surface area is 486 Å². The number of esters is 3. The first kappa shape index (κ1) is 75.6. The molecule has 0 aliphatic carbocycles. The molecule has 0 aliphatic rings. The molecule has 1 unspecified atom stereocenters. The predicted octanol–water partition coefficient (Wildman–Crippen LogP) is 23.9. The number of rotatable bonds is 65. The number of hydrogen-bond acceptors (Lipinski definition) is 6. The number of carbonyl (C=O) groups is 3. The summed E-state index contributed by atoms with van der Waals surface area (Å²) in [5.41, 5.74) is 0. The third-order valence-corrected chi connectivity index (χ3v) is 15.9. The van der Waals surface area contributed by atoms with Crippen molar-refractivity contribution in [3.63, 3.8) is 0 Å². The van der Waals surface area contributed by atoms with Crippen LogP contribution in [0.2, 0.25) is 0 Å². The van der Waals surface area contributed by atoms with Crippen LogP contribution in [-0.2, 0) is 28.6 Å². The molecule has 0 amide bonds. The van der Waals surface area contributed by atoms with E-state index in [-0.39, 0.29) is 31.1 Å². The maximum absolute atomic E-state index is 12.9. The summed E-state index contributed by atoms with van der Waals surface area (Å²) in [7, 11) is 0. The van der Waals surface area contributed by atoms with Crippen LogP contribution in [0.3, 0.4) is 0 Å². The van der Waals surface area contributed by atoms with E-state index in [1.807, 2.05) is 0 Å². The van der Waals surface area contributed by atoms with Crippen LogP contribution in [0.15, 0.2) is 36.5 Å². The summed E-state index contributed by atoms with van der Waals surface area (Å²) in [6.07, 6.45) is 83.1. The molecule has 0 rings (SSSR count). The quantitative estimate of drug-likeness (QED) is 0.0261. The van der Waals surface area contributed by atoms with Gasteiger partial charge in [0, 0.05) is 19.3 Å². The molecule has 0 N–H and O–H groups in total. The first-order valence-corrected chi connectivity index (χ1v) is 35.0. The zero-order valence-corrected chi connectivity index (χ0v) is 52.7. The van der Waals surface area contributed by atoms with Gasteiger partial charge in [0.05, 0.1) is 0 Å². The summed E-state index contributed by atoms with van der Waals surface area (Å²) < 4.78 is 17.0. The van der Waals surface area contributed by atoms with Gasteiger partial charge in [0.1, 0.15) is 13.2 Å². The molecule has 0 aliphatic heterocycles. The Balaban J connectivity index is 4.26. The Bertz CT molecular complexity index is 1300. The number of allylic oxidation sites excluding steroid dienone is 6. The Morgan fingerprint density at radius 1 is 0.256 bits per heavy atom. The van der Waals surface area contributed by atoms with E-state index < -0.39 is 6.10 Å². The molecule has 0 saturated carbocycles. The number of unbranched alkanes of at least 4 members (excludes halogenated alkanes) is 48. The third kappa shape index (κ3) is 64.5. The fraction of sp³-hybridized carbons (Fsp3) is 0.875. The average Bonchev–Trinajstić information content (AvgIpc) is 3.44. The second-order valence-corrected chi connectivity index (χ2v) is 23.8. The van der Waals surface area contributed by atoms with Gasteiger partial charge in [-0.25, -0.2) is 0 Å². The molecule has 78 heavy (non-hydrogen) atoms. The topological polar surface area (TPSA) is 78.9 Å². The average molecular weight is 1100 g/mol. The summed E-state index contributed by atoms with van der Waals surface area (Å²) in [6.45, 7) is 6.68. The van der Waals surface area contributed by atoms with Crippen LogP contribution < -0.4 is 0 Å². The van der Waals surface area contributed by atoms with Crippen LogP contribution in [0.4, 0.5) is 0 Å². The van der Waals surface area contributed by atoms with E-state index in [0.717, 1.165) is 70.6 Å². The number of carbonyl (C=O) groups excluding carboxylic acids is 3. The van der Waals surface area contributed by atoms with Crippen molar-refractivity contribution in [3.05, 3.63) is 36.5 Å². The molecule has 0 saturated heterocycles. The van der Waals surface area contributed by atoms with Crippen LogP contribution in [-0.4, -0.2) is 37.2 Å². The van der Waals surface area contributed by atoms with E-state index in [1.165, 1.54) is 276 Å². The molecule has 0 aromatic heterocycles. The van der Waals surface area contributed by atoms with Crippen LogP contribution in [0.1, 0.15) is 387 Å². The number of ether oxygens (including phenoxy) is 3. The van der Waals surface area contributed by atoms with Crippen molar-refractivity contribution in [1.29, 1.82) is 0 Å². The Morgan fingerprint density at radius 3 is 0.718 bits per heavy atom. The largest absolute Gasteiger partial charge is 0.462 e. The van der Waals surface area contributed by atoms with Crippen molar-refractivity contribution in [1.82, 2.24) is 0 Å². The molecule has 1 atom stereocenters. The van der Waals surface area contributed by atoms with Crippen molar-refractivity contribution < 1.29 is 28.6 Å². The van der Waals surface area contributed by atoms with E-state index in [1.54, 1.807) is 0 Å². The smallest absolute Gasteiger partial charge is 0.306 e. The standard InChI is InChI=1S/C72H134O6/c1-4-7-10-13-16-19-22-25-28-30-32-34-35-36-37-39-40-42-44-47-50-53-56-59-62-65-71(74)77-68-69(67-76-70(73)64-61-58-55-52-49-46-27-24-21-18-15-12-9-6-3)78-72(75)66-63-60-57-54-51-48-45-43-41-38-33-31-29-26-23-20-17-14-11-8-5-2/h23-24,26-27,31,33,69H,4-22,25,28-30,32,34-68H2,1-3H3/b26-23-,27-24-,33-31-. The van der Waals surface area contributed by atoms with Gasteiger partial charge in [-0.2, -0.15) is 0 Å². The molecule has 0 heterocycles. The molecule has 6 nitrogen and oxygen atoms in total. The highest BCUT2D eigenvalue weighted by Crippen LogP contribution is 2.18. The molecule has 0 radical (unpaired) electrons. The van der Waals surface area contributed by atoms with Crippen molar-refractivity contribution in [2.24, 2.45) is 0 Å². The maximum atomic E-state index is 12.9. The van der Waals surface area contributed by atoms with Gasteiger partial charge in [-0.05, 0) is 77.0 Å². The van der Waals surface area contributed by atoms with Crippen LogP contribution >= 0.6 is 0 Å². The minimum absolute atomic E-state index is 0.0719. The van der Waals surface area contributed by atoms with Crippen molar-refractivity contribution in [2.45, 2.75) is 393 Å².